The normalized spacial score (nSPS) is 12.8. The number of hydrogen-bond donors (Lipinski definition) is 2. The second-order valence-electron chi connectivity index (χ2n) is 4.61. The molecule has 0 saturated heterocycles. The molecule has 17 heavy (non-hydrogen) atoms. The molecule has 0 aliphatic rings. The van der Waals surface area contributed by atoms with Crippen LogP contribution in [0.1, 0.15) is 38.9 Å². The third-order valence-corrected chi connectivity index (χ3v) is 2.77. The second-order valence-corrected chi connectivity index (χ2v) is 4.61. The van der Waals surface area contributed by atoms with Crippen molar-refractivity contribution in [2.24, 2.45) is 0 Å². The highest BCUT2D eigenvalue weighted by molar-refractivity contribution is 5.76. The van der Waals surface area contributed by atoms with Crippen molar-refractivity contribution < 1.29 is 4.79 Å². The minimum absolute atomic E-state index is 0.108. The predicted octanol–water partition coefficient (Wildman–Crippen LogP) is 1.68. The van der Waals surface area contributed by atoms with Crippen LogP contribution in [0.5, 0.6) is 0 Å². The van der Waals surface area contributed by atoms with E-state index in [1.54, 1.807) is 0 Å². The fraction of sp³-hybridized carbons (Fsp3) is 0.615. The Balaban J connectivity index is 2.52. The topological polar surface area (TPSA) is 46.1 Å². The van der Waals surface area contributed by atoms with E-state index in [-0.39, 0.29) is 11.9 Å². The van der Waals surface area contributed by atoms with Crippen LogP contribution in [0.4, 0.5) is 0 Å². The van der Waals surface area contributed by atoms with Gasteiger partial charge in [-0.05, 0) is 40.0 Å². The molecule has 0 aromatic carbocycles. The fourth-order valence-corrected chi connectivity index (χ4v) is 1.79. The lowest BCUT2D eigenvalue weighted by Crippen LogP contribution is -2.31. The van der Waals surface area contributed by atoms with Gasteiger partial charge in [-0.15, -0.1) is 0 Å². The minimum atomic E-state index is 0.108. The maximum Gasteiger partial charge on any atom is 0.221 e. The maximum absolute atomic E-state index is 11.6. The standard InChI is InChI=1S/C13H23N3O/c1-10(2)15-13(17)7-9-16-8-5-6-12(16)11(3)14-4/h5-6,8,10-11,14H,7,9H2,1-4H3,(H,15,17). The first-order valence-corrected chi connectivity index (χ1v) is 6.16. The second kappa shape index (κ2) is 6.45. The summed E-state index contributed by atoms with van der Waals surface area (Å²) in [5, 5.41) is 6.11. The van der Waals surface area contributed by atoms with Gasteiger partial charge < -0.3 is 15.2 Å². The molecule has 0 bridgehead atoms. The smallest absolute Gasteiger partial charge is 0.221 e. The van der Waals surface area contributed by atoms with E-state index in [2.05, 4.69) is 28.2 Å². The fourth-order valence-electron chi connectivity index (χ4n) is 1.79. The van der Waals surface area contributed by atoms with Gasteiger partial charge in [0.25, 0.3) is 0 Å². The van der Waals surface area contributed by atoms with Gasteiger partial charge in [-0.1, -0.05) is 0 Å². The van der Waals surface area contributed by atoms with Crippen LogP contribution >= 0.6 is 0 Å². The highest BCUT2D eigenvalue weighted by Crippen LogP contribution is 2.13. The average molecular weight is 237 g/mol. The van der Waals surface area contributed by atoms with Crippen molar-refractivity contribution in [3.8, 4) is 0 Å². The molecule has 1 atom stereocenters. The number of carbonyl (C=O) groups is 1. The molecule has 1 aromatic heterocycles. The van der Waals surface area contributed by atoms with Gasteiger partial charge in [-0.2, -0.15) is 0 Å². The van der Waals surface area contributed by atoms with Gasteiger partial charge >= 0.3 is 0 Å². The zero-order valence-electron chi connectivity index (χ0n) is 11.2. The van der Waals surface area contributed by atoms with E-state index in [1.165, 1.54) is 5.69 Å². The molecule has 0 fully saturated rings. The molecule has 0 aliphatic carbocycles. The van der Waals surface area contributed by atoms with E-state index >= 15 is 0 Å². The molecule has 0 radical (unpaired) electrons. The van der Waals surface area contributed by atoms with Gasteiger partial charge in [0.2, 0.25) is 5.91 Å². The molecule has 4 heteroatoms. The maximum atomic E-state index is 11.6. The lowest BCUT2D eigenvalue weighted by atomic mass is 10.2. The Morgan fingerprint density at radius 1 is 1.41 bits per heavy atom. The van der Waals surface area contributed by atoms with E-state index in [9.17, 15) is 4.79 Å². The molecule has 0 spiro atoms. The Hall–Kier alpha value is -1.29. The molecule has 4 nitrogen and oxygen atoms in total. The van der Waals surface area contributed by atoms with Crippen LogP contribution in [0, 0.1) is 0 Å². The molecule has 96 valence electrons. The predicted molar refractivity (Wildman–Crippen MR) is 69.8 cm³/mol. The number of rotatable bonds is 6. The van der Waals surface area contributed by atoms with Crippen molar-refractivity contribution in [1.82, 2.24) is 15.2 Å². The van der Waals surface area contributed by atoms with Crippen LogP contribution in [0.15, 0.2) is 18.3 Å². The number of aryl methyl sites for hydroxylation is 1. The molecule has 1 amide bonds. The Morgan fingerprint density at radius 3 is 2.71 bits per heavy atom. The van der Waals surface area contributed by atoms with Crippen molar-refractivity contribution in [1.29, 1.82) is 0 Å². The van der Waals surface area contributed by atoms with Gasteiger partial charge in [0, 0.05) is 36.9 Å². The Kier molecular flexibility index (Phi) is 5.22. The monoisotopic (exact) mass is 237 g/mol. The molecule has 0 aliphatic heterocycles. The first kappa shape index (κ1) is 13.8. The number of amides is 1. The Labute approximate surface area is 103 Å². The third kappa shape index (κ3) is 4.23. The van der Waals surface area contributed by atoms with Crippen LogP contribution in [-0.2, 0) is 11.3 Å². The lowest BCUT2D eigenvalue weighted by molar-refractivity contribution is -0.121. The summed E-state index contributed by atoms with van der Waals surface area (Å²) in [6, 6.07) is 4.62. The minimum Gasteiger partial charge on any atom is -0.354 e. The van der Waals surface area contributed by atoms with Crippen molar-refractivity contribution in [2.75, 3.05) is 7.05 Å². The zero-order chi connectivity index (χ0) is 12.8. The number of nitrogens with zero attached hydrogens (tertiary/aromatic N) is 1. The van der Waals surface area contributed by atoms with Crippen molar-refractivity contribution in [3.05, 3.63) is 24.0 Å². The Morgan fingerprint density at radius 2 is 2.12 bits per heavy atom. The summed E-state index contributed by atoms with van der Waals surface area (Å²) < 4.78 is 2.13. The van der Waals surface area contributed by atoms with Crippen LogP contribution in [-0.4, -0.2) is 23.6 Å². The van der Waals surface area contributed by atoms with Crippen LogP contribution in [0.3, 0.4) is 0 Å². The Bertz CT molecular complexity index is 357. The number of aromatic nitrogens is 1. The highest BCUT2D eigenvalue weighted by atomic mass is 16.1. The van der Waals surface area contributed by atoms with Gasteiger partial charge in [0.05, 0.1) is 0 Å². The van der Waals surface area contributed by atoms with Gasteiger partial charge in [0.1, 0.15) is 0 Å². The number of carbonyl (C=O) groups excluding carboxylic acids is 1. The van der Waals surface area contributed by atoms with E-state index in [0.717, 1.165) is 6.54 Å². The summed E-state index contributed by atoms with van der Waals surface area (Å²) in [5.41, 5.74) is 1.21. The molecule has 1 aromatic rings. The first-order chi connectivity index (χ1) is 8.04. The molecule has 1 rings (SSSR count). The van der Waals surface area contributed by atoms with Gasteiger partial charge in [0.15, 0.2) is 0 Å². The summed E-state index contributed by atoms with van der Waals surface area (Å²) in [6.07, 6.45) is 2.54. The summed E-state index contributed by atoms with van der Waals surface area (Å²) in [5.74, 6) is 0.108. The molecule has 2 N–H and O–H groups in total. The molecular weight excluding hydrogens is 214 g/mol. The molecule has 1 heterocycles. The average Bonchev–Trinajstić information content (AvgIpc) is 2.72. The summed E-state index contributed by atoms with van der Waals surface area (Å²) in [4.78, 5) is 11.6. The largest absolute Gasteiger partial charge is 0.354 e. The quantitative estimate of drug-likeness (QED) is 0.791. The molecular formula is C13H23N3O. The van der Waals surface area contributed by atoms with Crippen LogP contribution in [0.2, 0.25) is 0 Å². The van der Waals surface area contributed by atoms with Crippen molar-refractivity contribution >= 4 is 5.91 Å². The van der Waals surface area contributed by atoms with E-state index in [1.807, 2.05) is 33.2 Å². The first-order valence-electron chi connectivity index (χ1n) is 6.16. The van der Waals surface area contributed by atoms with Crippen LogP contribution < -0.4 is 10.6 Å². The third-order valence-electron chi connectivity index (χ3n) is 2.77. The van der Waals surface area contributed by atoms with Gasteiger partial charge in [-0.25, -0.2) is 0 Å². The molecule has 0 saturated carbocycles. The summed E-state index contributed by atoms with van der Waals surface area (Å²) >= 11 is 0. The van der Waals surface area contributed by atoms with E-state index < -0.39 is 0 Å². The van der Waals surface area contributed by atoms with Gasteiger partial charge in [-0.3, -0.25) is 4.79 Å². The van der Waals surface area contributed by atoms with Crippen molar-refractivity contribution in [2.45, 2.75) is 45.8 Å². The number of hydrogen-bond acceptors (Lipinski definition) is 2. The summed E-state index contributed by atoms with van der Waals surface area (Å²) in [7, 11) is 1.94. The summed E-state index contributed by atoms with van der Waals surface area (Å²) in [6.45, 7) is 6.79. The van der Waals surface area contributed by atoms with Crippen molar-refractivity contribution in [3.63, 3.8) is 0 Å². The SMILES string of the molecule is CNC(C)c1cccn1CCC(=O)NC(C)C. The van der Waals surface area contributed by atoms with E-state index in [4.69, 9.17) is 0 Å². The van der Waals surface area contributed by atoms with E-state index in [0.29, 0.717) is 12.5 Å². The molecule has 1 unspecified atom stereocenters. The lowest BCUT2D eigenvalue weighted by Gasteiger charge is -2.15. The van der Waals surface area contributed by atoms with Crippen LogP contribution in [0.25, 0.3) is 0 Å². The highest BCUT2D eigenvalue weighted by Gasteiger charge is 2.09. The zero-order valence-corrected chi connectivity index (χ0v) is 11.2. The number of nitrogens with one attached hydrogen (secondary N) is 2.